The number of ether oxygens (including phenoxy) is 3. The molecular weight excluding hydrogens is 396 g/mol. The van der Waals surface area contributed by atoms with Gasteiger partial charge < -0.3 is 24.8 Å². The Balaban J connectivity index is 1.89. The zero-order chi connectivity index (χ0) is 21.0. The van der Waals surface area contributed by atoms with Crippen molar-refractivity contribution in [2.75, 3.05) is 14.2 Å². The summed E-state index contributed by atoms with van der Waals surface area (Å²) >= 11 is 6.17. The van der Waals surface area contributed by atoms with Gasteiger partial charge in [0.1, 0.15) is 6.61 Å². The van der Waals surface area contributed by atoms with E-state index in [1.54, 1.807) is 31.2 Å². The first-order chi connectivity index (χ1) is 13.9. The van der Waals surface area contributed by atoms with Crippen LogP contribution in [0.15, 0.2) is 53.7 Å². The van der Waals surface area contributed by atoms with E-state index in [9.17, 15) is 9.59 Å². The molecule has 0 aliphatic carbocycles. The van der Waals surface area contributed by atoms with Crippen LogP contribution in [0.1, 0.15) is 24.1 Å². The molecule has 0 saturated heterocycles. The van der Waals surface area contributed by atoms with E-state index in [0.717, 1.165) is 5.56 Å². The summed E-state index contributed by atoms with van der Waals surface area (Å²) in [4.78, 5) is 24.2. The lowest BCUT2D eigenvalue weighted by Crippen LogP contribution is -2.45. The van der Waals surface area contributed by atoms with Crippen LogP contribution in [0.4, 0.5) is 4.79 Å². The minimum Gasteiger partial charge on any atom is -0.493 e. The molecule has 7 nitrogen and oxygen atoms in total. The number of rotatable bonds is 6. The van der Waals surface area contributed by atoms with Crippen LogP contribution >= 0.6 is 11.6 Å². The third-order valence-electron chi connectivity index (χ3n) is 4.54. The average molecular weight is 417 g/mol. The van der Waals surface area contributed by atoms with Crippen LogP contribution in [0.5, 0.6) is 11.5 Å². The molecule has 3 rings (SSSR count). The SMILES string of the molecule is COC(=O)C1=C(C)NC(=O)N[C@H]1c1ccc(OCc2ccccc2Cl)c(OC)c1. The molecule has 0 unspecified atom stereocenters. The van der Waals surface area contributed by atoms with Crippen molar-refractivity contribution in [2.24, 2.45) is 0 Å². The van der Waals surface area contributed by atoms with Crippen LogP contribution in [-0.4, -0.2) is 26.2 Å². The summed E-state index contributed by atoms with van der Waals surface area (Å²) < 4.78 is 16.2. The fraction of sp³-hybridized carbons (Fsp3) is 0.238. The lowest BCUT2D eigenvalue weighted by molar-refractivity contribution is -0.136. The second-order valence-electron chi connectivity index (χ2n) is 6.35. The minimum atomic E-state index is -0.678. The Morgan fingerprint density at radius 3 is 2.59 bits per heavy atom. The number of hydrogen-bond donors (Lipinski definition) is 2. The van der Waals surface area contributed by atoms with Gasteiger partial charge in [0.2, 0.25) is 0 Å². The number of halogens is 1. The molecule has 1 heterocycles. The molecule has 2 aromatic carbocycles. The number of allylic oxidation sites excluding steroid dienone is 1. The molecule has 0 spiro atoms. The van der Waals surface area contributed by atoms with Gasteiger partial charge in [-0.1, -0.05) is 35.9 Å². The lowest BCUT2D eigenvalue weighted by Gasteiger charge is -2.28. The molecule has 2 amide bonds. The number of nitrogens with one attached hydrogen (secondary N) is 2. The highest BCUT2D eigenvalue weighted by atomic mass is 35.5. The smallest absolute Gasteiger partial charge is 0.337 e. The number of benzene rings is 2. The Labute approximate surface area is 173 Å². The van der Waals surface area contributed by atoms with Gasteiger partial charge in [0.05, 0.1) is 25.8 Å². The summed E-state index contributed by atoms with van der Waals surface area (Å²) in [7, 11) is 2.81. The standard InChI is InChI=1S/C21H21ClN2O5/c1-12-18(20(25)28-3)19(24-21(26)23-12)13-8-9-16(17(10-13)27-2)29-11-14-6-4-5-7-15(14)22/h4-10,19H,11H2,1-3H3,(H2,23,24,26)/t19-/m0/s1. The summed E-state index contributed by atoms with van der Waals surface area (Å²) in [5.74, 6) is 0.443. The summed E-state index contributed by atoms with van der Waals surface area (Å²) in [5, 5.41) is 5.94. The Hall–Kier alpha value is -3.19. The van der Waals surface area contributed by atoms with Crippen molar-refractivity contribution in [2.45, 2.75) is 19.6 Å². The maximum atomic E-state index is 12.2. The molecule has 2 aromatic rings. The number of urea groups is 1. The summed E-state index contributed by atoms with van der Waals surface area (Å²) in [6.45, 7) is 1.92. The van der Waals surface area contributed by atoms with Crippen molar-refractivity contribution >= 4 is 23.6 Å². The van der Waals surface area contributed by atoms with E-state index < -0.39 is 18.0 Å². The molecule has 0 radical (unpaired) electrons. The van der Waals surface area contributed by atoms with E-state index in [2.05, 4.69) is 10.6 Å². The number of carbonyl (C=O) groups is 2. The largest absolute Gasteiger partial charge is 0.493 e. The fourth-order valence-electron chi connectivity index (χ4n) is 3.08. The first-order valence-corrected chi connectivity index (χ1v) is 9.23. The molecule has 1 atom stereocenters. The average Bonchev–Trinajstić information content (AvgIpc) is 2.72. The number of carbonyl (C=O) groups excluding carboxylic acids is 2. The minimum absolute atomic E-state index is 0.270. The van der Waals surface area contributed by atoms with Crippen LogP contribution in [0.25, 0.3) is 0 Å². The van der Waals surface area contributed by atoms with Gasteiger partial charge in [-0.3, -0.25) is 0 Å². The second-order valence-corrected chi connectivity index (χ2v) is 6.76. The van der Waals surface area contributed by atoms with E-state index in [0.29, 0.717) is 33.4 Å². The van der Waals surface area contributed by atoms with Crippen molar-refractivity contribution in [3.63, 3.8) is 0 Å². The monoisotopic (exact) mass is 416 g/mol. The number of amides is 2. The van der Waals surface area contributed by atoms with Crippen molar-refractivity contribution in [3.8, 4) is 11.5 Å². The molecule has 2 N–H and O–H groups in total. The summed E-state index contributed by atoms with van der Waals surface area (Å²) in [6, 6.07) is 11.5. The van der Waals surface area contributed by atoms with E-state index >= 15 is 0 Å². The zero-order valence-corrected chi connectivity index (χ0v) is 17.0. The van der Waals surface area contributed by atoms with Gasteiger partial charge in [-0.15, -0.1) is 0 Å². The van der Waals surface area contributed by atoms with Gasteiger partial charge in [-0.2, -0.15) is 0 Å². The van der Waals surface area contributed by atoms with Crippen LogP contribution in [0, 0.1) is 0 Å². The van der Waals surface area contributed by atoms with E-state index in [1.807, 2.05) is 18.2 Å². The molecule has 8 heteroatoms. The van der Waals surface area contributed by atoms with Gasteiger partial charge in [0, 0.05) is 16.3 Å². The van der Waals surface area contributed by atoms with Gasteiger partial charge in [-0.05, 0) is 30.7 Å². The van der Waals surface area contributed by atoms with E-state index in [-0.39, 0.29) is 6.61 Å². The van der Waals surface area contributed by atoms with E-state index in [4.69, 9.17) is 25.8 Å². The van der Waals surface area contributed by atoms with Gasteiger partial charge in [0.15, 0.2) is 11.5 Å². The molecule has 0 aromatic heterocycles. The Morgan fingerprint density at radius 1 is 1.14 bits per heavy atom. The maximum Gasteiger partial charge on any atom is 0.337 e. The molecular formula is C21H21ClN2O5. The number of methoxy groups -OCH3 is 2. The van der Waals surface area contributed by atoms with Crippen molar-refractivity contribution < 1.29 is 23.8 Å². The molecule has 1 aliphatic rings. The quantitative estimate of drug-likeness (QED) is 0.701. The van der Waals surface area contributed by atoms with Gasteiger partial charge in [0.25, 0.3) is 0 Å². The van der Waals surface area contributed by atoms with Crippen molar-refractivity contribution in [1.82, 2.24) is 10.6 Å². The maximum absolute atomic E-state index is 12.2. The predicted molar refractivity (Wildman–Crippen MR) is 108 cm³/mol. The molecule has 0 bridgehead atoms. The highest BCUT2D eigenvalue weighted by Gasteiger charge is 2.32. The van der Waals surface area contributed by atoms with Crippen LogP contribution in [-0.2, 0) is 16.1 Å². The van der Waals surface area contributed by atoms with Gasteiger partial charge in [-0.25, -0.2) is 9.59 Å². The Bertz CT molecular complexity index is 973. The normalized spacial score (nSPS) is 16.0. The van der Waals surface area contributed by atoms with Crippen LogP contribution < -0.4 is 20.1 Å². The summed E-state index contributed by atoms with van der Waals surface area (Å²) in [6.07, 6.45) is 0. The molecule has 0 saturated carbocycles. The van der Waals surface area contributed by atoms with E-state index in [1.165, 1.54) is 14.2 Å². The zero-order valence-electron chi connectivity index (χ0n) is 16.2. The third-order valence-corrected chi connectivity index (χ3v) is 4.91. The van der Waals surface area contributed by atoms with Crippen LogP contribution in [0.3, 0.4) is 0 Å². The fourth-order valence-corrected chi connectivity index (χ4v) is 3.27. The number of esters is 1. The van der Waals surface area contributed by atoms with Crippen molar-refractivity contribution in [3.05, 3.63) is 69.9 Å². The van der Waals surface area contributed by atoms with Gasteiger partial charge >= 0.3 is 12.0 Å². The predicted octanol–water partition coefficient (Wildman–Crippen LogP) is 3.73. The summed E-state index contributed by atoms with van der Waals surface area (Å²) in [5.41, 5.74) is 2.25. The highest BCUT2D eigenvalue weighted by Crippen LogP contribution is 2.35. The topological polar surface area (TPSA) is 85.9 Å². The molecule has 29 heavy (non-hydrogen) atoms. The first-order valence-electron chi connectivity index (χ1n) is 8.85. The van der Waals surface area contributed by atoms with Crippen LogP contribution in [0.2, 0.25) is 5.02 Å². The highest BCUT2D eigenvalue weighted by molar-refractivity contribution is 6.31. The molecule has 152 valence electrons. The Kier molecular flexibility index (Phi) is 6.29. The second kappa shape index (κ2) is 8.87. The third kappa shape index (κ3) is 4.46. The Morgan fingerprint density at radius 2 is 1.90 bits per heavy atom. The number of hydrogen-bond acceptors (Lipinski definition) is 5. The molecule has 1 aliphatic heterocycles. The first kappa shape index (κ1) is 20.5. The molecule has 0 fully saturated rings. The van der Waals surface area contributed by atoms with Crippen molar-refractivity contribution in [1.29, 1.82) is 0 Å². The lowest BCUT2D eigenvalue weighted by atomic mass is 9.95.